The van der Waals surface area contributed by atoms with Crippen LogP contribution in [0.5, 0.6) is 0 Å². The minimum Gasteiger partial charge on any atom is -0.447 e. The Morgan fingerprint density at radius 3 is 2.81 bits per heavy atom. The topological polar surface area (TPSA) is 121 Å². The fourth-order valence-corrected chi connectivity index (χ4v) is 3.33. The third-order valence-corrected chi connectivity index (χ3v) is 4.82. The molecular weight excluding hydrogens is 350 g/mol. The minimum atomic E-state index is -0.625. The van der Waals surface area contributed by atoms with Crippen LogP contribution in [0.2, 0.25) is 0 Å². The maximum Gasteiger partial charge on any atom is 0.414 e. The number of nitrogens with zero attached hydrogens (tertiary/aromatic N) is 6. The van der Waals surface area contributed by atoms with Gasteiger partial charge >= 0.3 is 6.09 Å². The molecule has 3 aromatic heterocycles. The standard InChI is InChI=1S/C17H17N7O3/c18-15(25)13-9-23(21-20-13)8-12-7-22-6-11(10-1-2-10)5-14(16(22)19-12)24-3-4-27-17(24)26/h5-7,9-10H,1-4,8H2,(H2,18,25). The molecule has 10 heteroatoms. The molecule has 5 rings (SSSR count). The Morgan fingerprint density at radius 2 is 2.15 bits per heavy atom. The number of amides is 2. The van der Waals surface area contributed by atoms with Gasteiger partial charge in [0.15, 0.2) is 11.3 Å². The summed E-state index contributed by atoms with van der Waals surface area (Å²) in [6.45, 7) is 1.22. The van der Waals surface area contributed by atoms with Gasteiger partial charge < -0.3 is 14.9 Å². The molecule has 2 aliphatic rings. The Labute approximate surface area is 153 Å². The molecular formula is C17H17N7O3. The van der Waals surface area contributed by atoms with Gasteiger partial charge in [0.2, 0.25) is 0 Å². The average molecular weight is 367 g/mol. The Balaban J connectivity index is 1.54. The number of carbonyl (C=O) groups is 2. The molecule has 2 amide bonds. The number of cyclic esters (lactones) is 1. The van der Waals surface area contributed by atoms with E-state index in [4.69, 9.17) is 10.5 Å². The summed E-state index contributed by atoms with van der Waals surface area (Å²) in [6.07, 6.45) is 7.41. The van der Waals surface area contributed by atoms with E-state index in [2.05, 4.69) is 21.5 Å². The summed E-state index contributed by atoms with van der Waals surface area (Å²) in [4.78, 5) is 29.5. The van der Waals surface area contributed by atoms with Gasteiger partial charge in [-0.2, -0.15) is 0 Å². The second kappa shape index (κ2) is 5.79. The molecule has 1 saturated heterocycles. The smallest absolute Gasteiger partial charge is 0.414 e. The molecule has 10 nitrogen and oxygen atoms in total. The molecule has 4 heterocycles. The second-order valence-electron chi connectivity index (χ2n) is 6.83. The van der Waals surface area contributed by atoms with Gasteiger partial charge in [0.05, 0.1) is 30.7 Å². The number of anilines is 1. The van der Waals surface area contributed by atoms with Crippen molar-refractivity contribution in [1.29, 1.82) is 0 Å². The largest absolute Gasteiger partial charge is 0.447 e. The number of ether oxygens (including phenoxy) is 1. The fourth-order valence-electron chi connectivity index (χ4n) is 3.33. The molecule has 0 atom stereocenters. The van der Waals surface area contributed by atoms with E-state index in [9.17, 15) is 9.59 Å². The van der Waals surface area contributed by atoms with Gasteiger partial charge in [0.25, 0.3) is 5.91 Å². The average Bonchev–Trinajstić information content (AvgIpc) is 3.03. The molecule has 2 N–H and O–H groups in total. The van der Waals surface area contributed by atoms with Crippen LogP contribution in [0.25, 0.3) is 5.65 Å². The van der Waals surface area contributed by atoms with Gasteiger partial charge in [-0.1, -0.05) is 5.21 Å². The highest BCUT2D eigenvalue weighted by Crippen LogP contribution is 2.42. The Bertz CT molecular complexity index is 1070. The molecule has 0 bridgehead atoms. The molecule has 1 saturated carbocycles. The van der Waals surface area contributed by atoms with Crippen LogP contribution < -0.4 is 10.6 Å². The highest BCUT2D eigenvalue weighted by molar-refractivity contribution is 5.94. The molecule has 138 valence electrons. The third kappa shape index (κ3) is 2.78. The Morgan fingerprint density at radius 1 is 1.30 bits per heavy atom. The zero-order valence-electron chi connectivity index (χ0n) is 14.4. The van der Waals surface area contributed by atoms with E-state index in [0.29, 0.717) is 31.3 Å². The van der Waals surface area contributed by atoms with Crippen LogP contribution in [0.4, 0.5) is 10.5 Å². The second-order valence-corrected chi connectivity index (χ2v) is 6.83. The van der Waals surface area contributed by atoms with Gasteiger partial charge in [-0.25, -0.2) is 14.5 Å². The summed E-state index contributed by atoms with van der Waals surface area (Å²) in [5, 5.41) is 7.64. The number of hydrogen-bond acceptors (Lipinski definition) is 6. The van der Waals surface area contributed by atoms with E-state index in [1.807, 2.05) is 16.7 Å². The summed E-state index contributed by atoms with van der Waals surface area (Å²) < 4.78 is 8.54. The maximum absolute atomic E-state index is 12.1. The molecule has 1 aliphatic carbocycles. The lowest BCUT2D eigenvalue weighted by molar-refractivity contribution is 0.0995. The van der Waals surface area contributed by atoms with Crippen molar-refractivity contribution < 1.29 is 14.3 Å². The van der Waals surface area contributed by atoms with E-state index in [0.717, 1.165) is 24.2 Å². The fraction of sp³-hybridized carbons (Fsp3) is 0.353. The van der Waals surface area contributed by atoms with Gasteiger partial charge in [0.1, 0.15) is 6.61 Å². The van der Waals surface area contributed by atoms with Crippen LogP contribution >= 0.6 is 0 Å². The summed E-state index contributed by atoms with van der Waals surface area (Å²) in [5.74, 6) is -0.0915. The zero-order valence-corrected chi connectivity index (χ0v) is 14.4. The van der Waals surface area contributed by atoms with Crippen molar-refractivity contribution in [3.63, 3.8) is 0 Å². The Hall–Kier alpha value is -3.43. The van der Waals surface area contributed by atoms with E-state index in [-0.39, 0.29) is 11.8 Å². The molecule has 27 heavy (non-hydrogen) atoms. The first kappa shape index (κ1) is 15.8. The zero-order chi connectivity index (χ0) is 18.5. The van der Waals surface area contributed by atoms with Crippen molar-refractivity contribution in [3.8, 4) is 0 Å². The number of primary amides is 1. The van der Waals surface area contributed by atoms with Gasteiger partial charge in [-0.05, 0) is 30.4 Å². The van der Waals surface area contributed by atoms with Crippen LogP contribution in [-0.4, -0.2) is 49.5 Å². The number of carbonyl (C=O) groups excluding carboxylic acids is 2. The van der Waals surface area contributed by atoms with E-state index < -0.39 is 5.91 Å². The van der Waals surface area contributed by atoms with Crippen molar-refractivity contribution in [3.05, 3.63) is 41.6 Å². The lowest BCUT2D eigenvalue weighted by atomic mass is 10.1. The molecule has 0 spiro atoms. The molecule has 0 radical (unpaired) electrons. The number of pyridine rings is 1. The highest BCUT2D eigenvalue weighted by Gasteiger charge is 2.30. The first-order valence-electron chi connectivity index (χ1n) is 8.74. The van der Waals surface area contributed by atoms with Crippen LogP contribution in [0.15, 0.2) is 24.7 Å². The van der Waals surface area contributed by atoms with Crippen LogP contribution in [0, 0.1) is 0 Å². The van der Waals surface area contributed by atoms with Gasteiger partial charge in [0, 0.05) is 12.4 Å². The number of fused-ring (bicyclic) bond motifs is 1. The van der Waals surface area contributed by atoms with Crippen LogP contribution in [0.3, 0.4) is 0 Å². The molecule has 2 fully saturated rings. The normalized spacial score (nSPS) is 16.9. The lowest BCUT2D eigenvalue weighted by Gasteiger charge is -2.15. The lowest BCUT2D eigenvalue weighted by Crippen LogP contribution is -2.24. The Kier molecular flexibility index (Phi) is 3.39. The number of nitrogens with two attached hydrogens (primary N) is 1. The number of rotatable bonds is 5. The molecule has 0 unspecified atom stereocenters. The predicted octanol–water partition coefficient (Wildman–Crippen LogP) is 0.907. The SMILES string of the molecule is NC(=O)c1cn(Cc2cn3cc(C4CC4)cc(N4CCOC4=O)c3n2)nn1. The summed E-state index contributed by atoms with van der Waals surface area (Å²) in [5.41, 5.74) is 8.68. The number of imidazole rings is 1. The number of hydrogen-bond donors (Lipinski definition) is 1. The van der Waals surface area contributed by atoms with E-state index in [1.54, 1.807) is 4.90 Å². The summed E-state index contributed by atoms with van der Waals surface area (Å²) in [7, 11) is 0. The van der Waals surface area contributed by atoms with E-state index in [1.165, 1.54) is 16.4 Å². The van der Waals surface area contributed by atoms with Crippen LogP contribution in [-0.2, 0) is 11.3 Å². The van der Waals surface area contributed by atoms with Gasteiger partial charge in [-0.15, -0.1) is 5.10 Å². The maximum atomic E-state index is 12.1. The predicted molar refractivity (Wildman–Crippen MR) is 93.5 cm³/mol. The summed E-state index contributed by atoms with van der Waals surface area (Å²) in [6, 6.07) is 2.04. The molecule has 3 aromatic rings. The third-order valence-electron chi connectivity index (χ3n) is 4.82. The van der Waals surface area contributed by atoms with Crippen molar-refractivity contribution in [2.75, 3.05) is 18.1 Å². The monoisotopic (exact) mass is 367 g/mol. The first-order valence-corrected chi connectivity index (χ1v) is 8.74. The number of aromatic nitrogens is 5. The van der Waals surface area contributed by atoms with Crippen molar-refractivity contribution >= 4 is 23.3 Å². The van der Waals surface area contributed by atoms with Crippen molar-refractivity contribution in [2.45, 2.75) is 25.3 Å². The first-order chi connectivity index (χ1) is 13.1. The van der Waals surface area contributed by atoms with Crippen molar-refractivity contribution in [2.24, 2.45) is 5.73 Å². The molecule has 1 aliphatic heterocycles. The van der Waals surface area contributed by atoms with Crippen molar-refractivity contribution in [1.82, 2.24) is 24.4 Å². The minimum absolute atomic E-state index is 0.107. The quantitative estimate of drug-likeness (QED) is 0.715. The molecule has 0 aromatic carbocycles. The van der Waals surface area contributed by atoms with E-state index >= 15 is 0 Å². The van der Waals surface area contributed by atoms with Gasteiger partial charge in [-0.3, -0.25) is 9.69 Å². The summed E-state index contributed by atoms with van der Waals surface area (Å²) >= 11 is 0. The van der Waals surface area contributed by atoms with Crippen LogP contribution in [0.1, 0.15) is 40.5 Å². The highest BCUT2D eigenvalue weighted by atomic mass is 16.6.